The van der Waals surface area contributed by atoms with Crippen molar-refractivity contribution in [3.05, 3.63) is 28.8 Å². The van der Waals surface area contributed by atoms with E-state index in [1.54, 1.807) is 0 Å². The summed E-state index contributed by atoms with van der Waals surface area (Å²) >= 11 is 5.93. The molecule has 1 fully saturated rings. The van der Waals surface area contributed by atoms with Gasteiger partial charge in [0.15, 0.2) is 0 Å². The molecule has 0 radical (unpaired) electrons. The van der Waals surface area contributed by atoms with E-state index in [1.165, 1.54) is 25.7 Å². The van der Waals surface area contributed by atoms with Crippen LogP contribution in [0.1, 0.15) is 38.2 Å². The largest absolute Gasteiger partial charge is 0.492 e. The highest BCUT2D eigenvalue weighted by atomic mass is 35.5. The fraction of sp³-hybridized carbons (Fsp3) is 0.625. The molecular formula is C16H24ClNO. The Bertz CT molecular complexity index is 408. The van der Waals surface area contributed by atoms with Crippen LogP contribution < -0.4 is 10.1 Å². The monoisotopic (exact) mass is 281 g/mol. The molecule has 1 N–H and O–H groups in total. The molecule has 0 heterocycles. The van der Waals surface area contributed by atoms with Crippen molar-refractivity contribution in [2.45, 2.75) is 45.6 Å². The van der Waals surface area contributed by atoms with Gasteiger partial charge in [-0.3, -0.25) is 0 Å². The van der Waals surface area contributed by atoms with Crippen LogP contribution in [0, 0.1) is 12.8 Å². The van der Waals surface area contributed by atoms with E-state index in [0.717, 1.165) is 28.8 Å². The smallest absolute Gasteiger partial charge is 0.122 e. The summed E-state index contributed by atoms with van der Waals surface area (Å²) in [6.45, 7) is 6.01. The van der Waals surface area contributed by atoms with Gasteiger partial charge in [0.05, 0.1) is 0 Å². The van der Waals surface area contributed by atoms with Crippen molar-refractivity contribution in [3.63, 3.8) is 0 Å². The zero-order valence-electron chi connectivity index (χ0n) is 11.9. The maximum absolute atomic E-state index is 5.93. The summed E-state index contributed by atoms with van der Waals surface area (Å²) in [7, 11) is 0. The van der Waals surface area contributed by atoms with E-state index in [9.17, 15) is 0 Å². The Morgan fingerprint density at radius 2 is 2.21 bits per heavy atom. The molecule has 1 aliphatic rings. The summed E-state index contributed by atoms with van der Waals surface area (Å²) in [4.78, 5) is 0. The van der Waals surface area contributed by atoms with Gasteiger partial charge < -0.3 is 10.1 Å². The molecule has 2 nitrogen and oxygen atoms in total. The van der Waals surface area contributed by atoms with E-state index in [-0.39, 0.29) is 0 Å². The van der Waals surface area contributed by atoms with Crippen LogP contribution in [0.25, 0.3) is 0 Å². The SMILES string of the molecule is Cc1cc(Cl)ccc1OCCNC1CCCC(C)C1. The lowest BCUT2D eigenvalue weighted by atomic mass is 9.87. The van der Waals surface area contributed by atoms with E-state index in [4.69, 9.17) is 16.3 Å². The fourth-order valence-corrected chi connectivity index (χ4v) is 3.04. The van der Waals surface area contributed by atoms with Crippen LogP contribution in [-0.4, -0.2) is 19.2 Å². The van der Waals surface area contributed by atoms with E-state index in [2.05, 4.69) is 12.2 Å². The third-order valence-corrected chi connectivity index (χ3v) is 4.10. The highest BCUT2D eigenvalue weighted by Crippen LogP contribution is 2.23. The van der Waals surface area contributed by atoms with Gasteiger partial charge in [0.1, 0.15) is 12.4 Å². The second-order valence-corrected chi connectivity index (χ2v) is 6.12. The van der Waals surface area contributed by atoms with Crippen LogP contribution >= 0.6 is 11.6 Å². The number of nitrogens with one attached hydrogen (secondary N) is 1. The first-order chi connectivity index (χ1) is 9.15. The van der Waals surface area contributed by atoms with Crippen molar-refractivity contribution in [1.82, 2.24) is 5.32 Å². The number of hydrogen-bond donors (Lipinski definition) is 1. The maximum Gasteiger partial charge on any atom is 0.122 e. The second-order valence-electron chi connectivity index (χ2n) is 5.68. The molecule has 1 aliphatic carbocycles. The van der Waals surface area contributed by atoms with Gasteiger partial charge in [-0.2, -0.15) is 0 Å². The Hall–Kier alpha value is -0.730. The average molecular weight is 282 g/mol. The number of hydrogen-bond acceptors (Lipinski definition) is 2. The van der Waals surface area contributed by atoms with Crippen molar-refractivity contribution in [3.8, 4) is 5.75 Å². The molecule has 19 heavy (non-hydrogen) atoms. The predicted molar refractivity (Wildman–Crippen MR) is 81.1 cm³/mol. The van der Waals surface area contributed by atoms with Crippen LogP contribution in [0.2, 0.25) is 5.02 Å². The lowest BCUT2D eigenvalue weighted by Crippen LogP contribution is -2.36. The topological polar surface area (TPSA) is 21.3 Å². The minimum absolute atomic E-state index is 0.679. The van der Waals surface area contributed by atoms with E-state index >= 15 is 0 Å². The summed E-state index contributed by atoms with van der Waals surface area (Å²) in [5, 5.41) is 4.37. The zero-order chi connectivity index (χ0) is 13.7. The Morgan fingerprint density at radius 3 is 2.95 bits per heavy atom. The molecule has 0 amide bonds. The van der Waals surface area contributed by atoms with Gasteiger partial charge >= 0.3 is 0 Å². The van der Waals surface area contributed by atoms with Crippen molar-refractivity contribution >= 4 is 11.6 Å². The molecule has 0 aliphatic heterocycles. The molecule has 0 spiro atoms. The van der Waals surface area contributed by atoms with Crippen molar-refractivity contribution in [2.75, 3.05) is 13.2 Å². The Labute approximate surface area is 121 Å². The third-order valence-electron chi connectivity index (χ3n) is 3.87. The first-order valence-corrected chi connectivity index (χ1v) is 7.65. The fourth-order valence-electron chi connectivity index (χ4n) is 2.82. The van der Waals surface area contributed by atoms with Crippen molar-refractivity contribution in [1.29, 1.82) is 0 Å². The molecular weight excluding hydrogens is 258 g/mol. The molecule has 0 aromatic heterocycles. The molecule has 2 rings (SSSR count). The minimum Gasteiger partial charge on any atom is -0.492 e. The second kappa shape index (κ2) is 7.16. The summed E-state index contributed by atoms with van der Waals surface area (Å²) in [5.41, 5.74) is 1.10. The quantitative estimate of drug-likeness (QED) is 0.817. The molecule has 1 aromatic rings. The standard InChI is InChI=1S/C16H24ClNO/c1-12-4-3-5-15(10-12)18-8-9-19-16-7-6-14(17)11-13(16)2/h6-7,11-12,15,18H,3-5,8-10H2,1-2H3. The number of aryl methyl sites for hydroxylation is 1. The molecule has 0 saturated heterocycles. The molecule has 3 heteroatoms. The Balaban J connectivity index is 1.69. The molecule has 0 bridgehead atoms. The number of rotatable bonds is 5. The van der Waals surface area contributed by atoms with Crippen LogP contribution in [0.15, 0.2) is 18.2 Å². The van der Waals surface area contributed by atoms with Crippen LogP contribution in [0.4, 0.5) is 0 Å². The van der Waals surface area contributed by atoms with Gasteiger partial charge in [-0.1, -0.05) is 31.4 Å². The molecule has 1 saturated carbocycles. The van der Waals surface area contributed by atoms with Gasteiger partial charge in [-0.25, -0.2) is 0 Å². The molecule has 106 valence electrons. The van der Waals surface area contributed by atoms with Gasteiger partial charge in [0.25, 0.3) is 0 Å². The Morgan fingerprint density at radius 1 is 1.37 bits per heavy atom. The lowest BCUT2D eigenvalue weighted by molar-refractivity contribution is 0.265. The van der Waals surface area contributed by atoms with E-state index in [0.29, 0.717) is 12.6 Å². The average Bonchev–Trinajstić information content (AvgIpc) is 2.37. The van der Waals surface area contributed by atoms with Gasteiger partial charge in [0.2, 0.25) is 0 Å². The van der Waals surface area contributed by atoms with Gasteiger partial charge in [0, 0.05) is 17.6 Å². The van der Waals surface area contributed by atoms with Crippen LogP contribution in [0.3, 0.4) is 0 Å². The summed E-state index contributed by atoms with van der Waals surface area (Å²) in [6, 6.07) is 6.44. The highest BCUT2D eigenvalue weighted by molar-refractivity contribution is 6.30. The van der Waals surface area contributed by atoms with E-state index < -0.39 is 0 Å². The maximum atomic E-state index is 5.93. The number of halogens is 1. The van der Waals surface area contributed by atoms with Gasteiger partial charge in [-0.05, 0) is 49.4 Å². The first kappa shape index (κ1) is 14.7. The van der Waals surface area contributed by atoms with Crippen LogP contribution in [-0.2, 0) is 0 Å². The first-order valence-electron chi connectivity index (χ1n) is 7.27. The summed E-state index contributed by atoms with van der Waals surface area (Å²) in [5.74, 6) is 1.80. The normalized spacial score (nSPS) is 23.3. The molecule has 1 aromatic carbocycles. The highest BCUT2D eigenvalue weighted by Gasteiger charge is 2.17. The Kier molecular flexibility index (Phi) is 5.53. The number of ether oxygens (including phenoxy) is 1. The molecule has 2 atom stereocenters. The van der Waals surface area contributed by atoms with E-state index in [1.807, 2.05) is 25.1 Å². The zero-order valence-corrected chi connectivity index (χ0v) is 12.7. The van der Waals surface area contributed by atoms with Crippen LogP contribution in [0.5, 0.6) is 5.75 Å². The molecule has 2 unspecified atom stereocenters. The van der Waals surface area contributed by atoms with Gasteiger partial charge in [-0.15, -0.1) is 0 Å². The summed E-state index contributed by atoms with van der Waals surface area (Å²) < 4.78 is 5.79. The minimum atomic E-state index is 0.679. The third kappa shape index (κ3) is 4.70. The predicted octanol–water partition coefficient (Wildman–Crippen LogP) is 4.20. The number of benzene rings is 1. The van der Waals surface area contributed by atoms with Crippen molar-refractivity contribution in [2.24, 2.45) is 5.92 Å². The lowest BCUT2D eigenvalue weighted by Gasteiger charge is -2.27. The summed E-state index contributed by atoms with van der Waals surface area (Å²) in [6.07, 6.45) is 5.36. The van der Waals surface area contributed by atoms with Crippen molar-refractivity contribution < 1.29 is 4.74 Å².